The van der Waals surface area contributed by atoms with Crippen molar-refractivity contribution in [2.75, 3.05) is 5.73 Å². The second-order valence-corrected chi connectivity index (χ2v) is 5.07. The number of hydrogen-bond donors (Lipinski definition) is 2. The summed E-state index contributed by atoms with van der Waals surface area (Å²) in [5.41, 5.74) is 5.85. The second kappa shape index (κ2) is 4.99. The van der Waals surface area contributed by atoms with Crippen LogP contribution in [0.15, 0.2) is 21.2 Å². The molecule has 0 saturated heterocycles. The van der Waals surface area contributed by atoms with E-state index in [9.17, 15) is 4.79 Å². The molecule has 0 atom stereocenters. The smallest absolute Gasteiger partial charge is 0.344 e. The first-order valence-corrected chi connectivity index (χ1v) is 6.31. The fourth-order valence-electron chi connectivity index (χ4n) is 1.34. The molecule has 96 valence electrons. The number of H-pyrrole nitrogens is 1. The topological polar surface area (TPSA) is 102 Å². The molecule has 0 aliphatic carbocycles. The molecule has 0 bridgehead atoms. The van der Waals surface area contributed by atoms with Gasteiger partial charge in [0.25, 0.3) is 0 Å². The maximum absolute atomic E-state index is 11.6. The van der Waals surface area contributed by atoms with Crippen molar-refractivity contribution in [3.05, 3.63) is 22.0 Å². The van der Waals surface area contributed by atoms with Crippen LogP contribution in [0.5, 0.6) is 0 Å². The molecule has 18 heavy (non-hydrogen) atoms. The molecule has 0 aliphatic heterocycles. The van der Waals surface area contributed by atoms with E-state index in [1.54, 1.807) is 0 Å². The zero-order chi connectivity index (χ0) is 13.3. The molecule has 0 spiro atoms. The molecule has 2 heterocycles. The van der Waals surface area contributed by atoms with Crippen LogP contribution in [0.1, 0.15) is 19.9 Å². The number of nitrogen functional groups attached to an aromatic ring is 1. The summed E-state index contributed by atoms with van der Waals surface area (Å²) in [6.07, 6.45) is 1.42. The van der Waals surface area contributed by atoms with Crippen LogP contribution in [0, 0.1) is 0 Å². The summed E-state index contributed by atoms with van der Waals surface area (Å²) in [6, 6.07) is -0.0164. The first-order valence-electron chi connectivity index (χ1n) is 5.12. The van der Waals surface area contributed by atoms with Gasteiger partial charge in [0.15, 0.2) is 5.16 Å². The third-order valence-electron chi connectivity index (χ3n) is 2.13. The van der Waals surface area contributed by atoms with Crippen LogP contribution in [-0.2, 0) is 0 Å². The number of rotatable bonds is 3. The third kappa shape index (κ3) is 2.49. The molecule has 9 heteroatoms. The van der Waals surface area contributed by atoms with Crippen molar-refractivity contribution in [2.24, 2.45) is 0 Å². The van der Waals surface area contributed by atoms with Crippen LogP contribution in [0.4, 0.5) is 5.69 Å². The summed E-state index contributed by atoms with van der Waals surface area (Å²) >= 11 is 6.87. The number of aromatic amines is 1. The highest BCUT2D eigenvalue weighted by Crippen LogP contribution is 2.29. The average molecular weight is 287 g/mol. The summed E-state index contributed by atoms with van der Waals surface area (Å²) in [4.78, 5) is 19.3. The van der Waals surface area contributed by atoms with Gasteiger partial charge in [-0.3, -0.25) is 4.57 Å². The lowest BCUT2D eigenvalue weighted by Crippen LogP contribution is -2.19. The second-order valence-electron chi connectivity index (χ2n) is 3.78. The first-order chi connectivity index (χ1) is 8.49. The summed E-state index contributed by atoms with van der Waals surface area (Å²) in [6.45, 7) is 3.77. The minimum absolute atomic E-state index is 0.0164. The van der Waals surface area contributed by atoms with Gasteiger partial charge in [-0.2, -0.15) is 0 Å². The van der Waals surface area contributed by atoms with Gasteiger partial charge in [0, 0.05) is 6.04 Å². The number of aromatic nitrogens is 5. The molecule has 0 unspecified atom stereocenters. The Bertz CT molecular complexity index is 622. The van der Waals surface area contributed by atoms with Crippen LogP contribution in [0.2, 0.25) is 5.28 Å². The Morgan fingerprint density at radius 3 is 2.94 bits per heavy atom. The lowest BCUT2D eigenvalue weighted by molar-refractivity contribution is 0.534. The predicted molar refractivity (Wildman–Crippen MR) is 68.8 cm³/mol. The van der Waals surface area contributed by atoms with Gasteiger partial charge in [0.2, 0.25) is 5.28 Å². The van der Waals surface area contributed by atoms with E-state index in [1.165, 1.54) is 10.8 Å². The highest BCUT2D eigenvalue weighted by Gasteiger charge is 2.15. The summed E-state index contributed by atoms with van der Waals surface area (Å²) in [5, 5.41) is 7.37. The van der Waals surface area contributed by atoms with E-state index in [2.05, 4.69) is 20.2 Å². The van der Waals surface area contributed by atoms with Crippen LogP contribution in [0.25, 0.3) is 0 Å². The average Bonchev–Trinajstić information content (AvgIpc) is 2.65. The lowest BCUT2D eigenvalue weighted by atomic mass is 10.4. The maximum Gasteiger partial charge on any atom is 0.344 e. The van der Waals surface area contributed by atoms with E-state index in [0.29, 0.717) is 15.9 Å². The molecule has 0 radical (unpaired) electrons. The highest BCUT2D eigenvalue weighted by atomic mass is 35.5. The van der Waals surface area contributed by atoms with Gasteiger partial charge in [0.05, 0.1) is 11.9 Å². The van der Waals surface area contributed by atoms with Gasteiger partial charge in [-0.25, -0.2) is 19.9 Å². The molecule has 0 aliphatic rings. The van der Waals surface area contributed by atoms with Gasteiger partial charge in [0.1, 0.15) is 5.03 Å². The molecule has 3 N–H and O–H groups in total. The summed E-state index contributed by atoms with van der Waals surface area (Å²) in [5.74, 6) is 0. The predicted octanol–water partition coefficient (Wildman–Crippen LogP) is 1.33. The highest BCUT2D eigenvalue weighted by molar-refractivity contribution is 7.99. The standard InChI is InChI=1S/C9H11ClN6OS/c1-4(2)16-8(17)14-15-9(16)18-6-5(11)3-12-7(10)13-6/h3-4H,11H2,1-2H3,(H,14,17). The van der Waals surface area contributed by atoms with Gasteiger partial charge in [-0.1, -0.05) is 0 Å². The Labute approximate surface area is 112 Å². The van der Waals surface area contributed by atoms with Gasteiger partial charge in [-0.15, -0.1) is 5.10 Å². The van der Waals surface area contributed by atoms with Crippen LogP contribution in [-0.4, -0.2) is 24.7 Å². The fourth-order valence-corrected chi connectivity index (χ4v) is 2.48. The monoisotopic (exact) mass is 286 g/mol. The van der Waals surface area contributed by atoms with Gasteiger partial charge >= 0.3 is 5.69 Å². The maximum atomic E-state index is 11.6. The van der Waals surface area contributed by atoms with E-state index < -0.39 is 0 Å². The lowest BCUT2D eigenvalue weighted by Gasteiger charge is -2.08. The Balaban J connectivity index is 2.40. The normalized spacial score (nSPS) is 11.1. The zero-order valence-corrected chi connectivity index (χ0v) is 11.3. The third-order valence-corrected chi connectivity index (χ3v) is 3.30. The van der Waals surface area contributed by atoms with Crippen molar-refractivity contribution >= 4 is 29.1 Å². The van der Waals surface area contributed by atoms with Crippen molar-refractivity contribution in [3.63, 3.8) is 0 Å². The van der Waals surface area contributed by atoms with Crippen molar-refractivity contribution in [1.82, 2.24) is 24.7 Å². The van der Waals surface area contributed by atoms with E-state index >= 15 is 0 Å². The number of nitrogens with two attached hydrogens (primary N) is 1. The molecule has 0 aromatic carbocycles. The SMILES string of the molecule is CC(C)n1c(Sc2nc(Cl)ncc2N)n[nH]c1=O. The number of anilines is 1. The van der Waals surface area contributed by atoms with E-state index in [-0.39, 0.29) is 17.0 Å². The van der Waals surface area contributed by atoms with Gasteiger partial charge < -0.3 is 5.73 Å². The summed E-state index contributed by atoms with van der Waals surface area (Å²) < 4.78 is 1.51. The Kier molecular flexibility index (Phi) is 3.58. The van der Waals surface area contributed by atoms with E-state index in [0.717, 1.165) is 11.8 Å². The number of halogens is 1. The minimum Gasteiger partial charge on any atom is -0.395 e. The van der Waals surface area contributed by atoms with E-state index in [1.807, 2.05) is 13.8 Å². The van der Waals surface area contributed by atoms with Crippen molar-refractivity contribution in [2.45, 2.75) is 30.1 Å². The molecular weight excluding hydrogens is 276 g/mol. The Hall–Kier alpha value is -1.54. The summed E-state index contributed by atoms with van der Waals surface area (Å²) in [7, 11) is 0. The van der Waals surface area contributed by atoms with E-state index in [4.69, 9.17) is 17.3 Å². The Morgan fingerprint density at radius 2 is 2.28 bits per heavy atom. The minimum atomic E-state index is -0.272. The van der Waals surface area contributed by atoms with Crippen molar-refractivity contribution in [1.29, 1.82) is 0 Å². The molecule has 0 saturated carbocycles. The van der Waals surface area contributed by atoms with Crippen LogP contribution < -0.4 is 11.4 Å². The quantitative estimate of drug-likeness (QED) is 0.652. The number of nitrogens with zero attached hydrogens (tertiary/aromatic N) is 4. The molecule has 0 fully saturated rings. The van der Waals surface area contributed by atoms with Crippen LogP contribution in [0.3, 0.4) is 0 Å². The van der Waals surface area contributed by atoms with Crippen molar-refractivity contribution < 1.29 is 0 Å². The molecule has 2 rings (SSSR count). The molecule has 0 amide bonds. The zero-order valence-electron chi connectivity index (χ0n) is 9.72. The first kappa shape index (κ1) is 12.9. The molecule has 7 nitrogen and oxygen atoms in total. The van der Waals surface area contributed by atoms with Gasteiger partial charge in [-0.05, 0) is 37.2 Å². The number of hydrogen-bond acceptors (Lipinski definition) is 6. The number of nitrogens with one attached hydrogen (secondary N) is 1. The Morgan fingerprint density at radius 1 is 1.56 bits per heavy atom. The largest absolute Gasteiger partial charge is 0.395 e. The van der Waals surface area contributed by atoms with Crippen LogP contribution >= 0.6 is 23.4 Å². The van der Waals surface area contributed by atoms with Crippen molar-refractivity contribution in [3.8, 4) is 0 Å². The molecule has 2 aromatic rings. The fraction of sp³-hybridized carbons (Fsp3) is 0.333. The molecule has 2 aromatic heterocycles. The molecular formula is C9H11ClN6OS.